The van der Waals surface area contributed by atoms with Crippen LogP contribution in [-0.4, -0.2) is 89.0 Å². The molecule has 1 saturated heterocycles. The van der Waals surface area contributed by atoms with Crippen LogP contribution in [0.15, 0.2) is 41.0 Å². The molecule has 0 spiro atoms. The first-order chi connectivity index (χ1) is 19.7. The zero-order valence-electron chi connectivity index (χ0n) is 20.8. The van der Waals surface area contributed by atoms with Crippen LogP contribution < -0.4 is 26.7 Å². The van der Waals surface area contributed by atoms with Crippen molar-refractivity contribution in [2.75, 3.05) is 30.2 Å². The summed E-state index contributed by atoms with van der Waals surface area (Å²) in [6.45, 7) is -1.39. The van der Waals surface area contributed by atoms with Crippen molar-refractivity contribution >= 4 is 69.3 Å². The summed E-state index contributed by atoms with van der Waals surface area (Å²) in [5.74, 6) is -2.99. The average Bonchev–Trinajstić information content (AvgIpc) is 3.56. The van der Waals surface area contributed by atoms with Gasteiger partial charge in [-0.05, 0) is 6.07 Å². The number of rotatable bonds is 10. The Morgan fingerprint density at radius 3 is 2.83 bits per heavy atom. The van der Waals surface area contributed by atoms with Gasteiger partial charge in [0.05, 0.1) is 6.54 Å². The second-order valence-corrected chi connectivity index (χ2v) is 10.3. The van der Waals surface area contributed by atoms with Crippen molar-refractivity contribution < 1.29 is 38.1 Å². The van der Waals surface area contributed by atoms with Crippen molar-refractivity contribution in [1.29, 1.82) is 0 Å². The molecule has 2 aliphatic heterocycles. The van der Waals surface area contributed by atoms with Gasteiger partial charge in [0.1, 0.15) is 29.9 Å². The van der Waals surface area contributed by atoms with Gasteiger partial charge < -0.3 is 32.0 Å². The number of aromatic nitrogens is 5. The number of thioether (sulfide) groups is 1. The van der Waals surface area contributed by atoms with Crippen molar-refractivity contribution in [1.82, 2.24) is 29.2 Å². The maximum Gasteiger partial charge on any atom is 0.352 e. The van der Waals surface area contributed by atoms with Crippen LogP contribution in [0.25, 0.3) is 5.65 Å². The Balaban J connectivity index is 1.34. The van der Waals surface area contributed by atoms with Gasteiger partial charge in [-0.15, -0.1) is 11.8 Å². The number of carboxylic acids is 1. The Kier molecular flexibility index (Phi) is 7.77. The normalized spacial score (nSPS) is 18.6. The number of carboxylic acid groups (broad SMARTS) is 1. The zero-order valence-corrected chi connectivity index (χ0v) is 22.4. The smallest absolute Gasteiger partial charge is 0.352 e. The monoisotopic (exact) mass is 606 g/mol. The van der Waals surface area contributed by atoms with Crippen LogP contribution in [0.4, 0.5) is 15.3 Å². The van der Waals surface area contributed by atoms with Crippen molar-refractivity contribution in [2.24, 2.45) is 10.9 Å². The lowest BCUT2D eigenvalue weighted by atomic mass is 10.0. The number of amides is 3. The number of alkyl halides is 1. The number of nitrogens with zero attached hydrogens (tertiary/aromatic N) is 7. The topological polar surface area (TPSA) is 236 Å². The van der Waals surface area contributed by atoms with Crippen LogP contribution >= 0.6 is 23.3 Å². The lowest BCUT2D eigenvalue weighted by Crippen LogP contribution is -2.71. The number of fused-ring (bicyclic) bond motifs is 2. The molecule has 5 heterocycles. The van der Waals surface area contributed by atoms with E-state index in [0.717, 1.165) is 16.4 Å². The van der Waals surface area contributed by atoms with E-state index in [2.05, 4.69) is 35.1 Å². The summed E-state index contributed by atoms with van der Waals surface area (Å²) in [4.78, 5) is 59.1. The summed E-state index contributed by atoms with van der Waals surface area (Å²) in [5, 5.41) is 22.0. The molecule has 0 unspecified atom stereocenters. The molecule has 7 N–H and O–H groups in total. The van der Waals surface area contributed by atoms with Crippen molar-refractivity contribution in [3.63, 3.8) is 0 Å². The number of imidazole rings is 1. The maximum absolute atomic E-state index is 13.1. The van der Waals surface area contributed by atoms with Crippen molar-refractivity contribution in [3.8, 4) is 0 Å². The lowest BCUT2D eigenvalue weighted by molar-refractivity contribution is -0.662. The fraction of sp³-hybridized carbons (Fsp3) is 0.286. The standard InChI is InChI=1S/C21H20FN11O6S2/c22-8-39-29-13(16-27-21(24)41-30-16)17(35)26-14-18(36)33-15(20(37)38)9(7-40-19(14)33)6-31-3-4-32-12(31)2-1-10(28-32)25-11(34)5-23/h1-4,14,19H,5-8,23H2,(H4-,24,25,26,27,28,30,34,35,37,38)/p+1/b29-13-/t14-,19-/m1/s1. The van der Waals surface area contributed by atoms with Gasteiger partial charge in [-0.3, -0.25) is 19.3 Å². The Morgan fingerprint density at radius 1 is 1.34 bits per heavy atom. The van der Waals surface area contributed by atoms with E-state index in [1.165, 1.54) is 16.3 Å². The molecule has 41 heavy (non-hydrogen) atoms. The second-order valence-electron chi connectivity index (χ2n) is 8.45. The minimum absolute atomic E-state index is 0.0294. The van der Waals surface area contributed by atoms with Gasteiger partial charge >= 0.3 is 11.6 Å². The third-order valence-electron chi connectivity index (χ3n) is 5.95. The highest BCUT2D eigenvalue weighted by atomic mass is 32.2. The summed E-state index contributed by atoms with van der Waals surface area (Å²) in [5.41, 5.74) is 11.2. The Labute approximate surface area is 237 Å². The third-order valence-corrected chi connectivity index (χ3v) is 7.83. The SMILES string of the molecule is NCC(=O)Nc1ccc2n(cc[n+]2CC2=C(C(=O)O)N3C(=O)[C@@H](NC(=O)/C(=N\OCF)c4nsc(N)n4)[C@H]3SC2)n1. The minimum Gasteiger partial charge on any atom is -0.477 e. The van der Waals surface area contributed by atoms with Gasteiger partial charge in [0.2, 0.25) is 17.4 Å². The van der Waals surface area contributed by atoms with Gasteiger partial charge in [-0.25, -0.2) is 13.8 Å². The zero-order chi connectivity index (χ0) is 29.3. The molecule has 2 aliphatic rings. The summed E-state index contributed by atoms with van der Waals surface area (Å²) in [6, 6.07) is 2.18. The fourth-order valence-corrected chi connectivity index (χ4v) is 5.98. The van der Waals surface area contributed by atoms with Gasteiger partial charge in [0, 0.05) is 28.9 Å². The van der Waals surface area contributed by atoms with E-state index >= 15 is 0 Å². The number of hydrogen-bond donors (Lipinski definition) is 5. The molecule has 214 valence electrons. The number of halogens is 1. The minimum atomic E-state index is -1.32. The molecule has 0 aliphatic carbocycles. The van der Waals surface area contributed by atoms with Crippen LogP contribution in [0.3, 0.4) is 0 Å². The van der Waals surface area contributed by atoms with Gasteiger partial charge in [-0.1, -0.05) is 14.8 Å². The first-order valence-corrected chi connectivity index (χ1v) is 13.5. The fourth-order valence-electron chi connectivity index (χ4n) is 4.21. The van der Waals surface area contributed by atoms with Crippen LogP contribution in [-0.2, 0) is 30.6 Å². The molecule has 0 saturated carbocycles. The largest absolute Gasteiger partial charge is 0.477 e. The van der Waals surface area contributed by atoms with E-state index in [1.54, 1.807) is 29.1 Å². The Morgan fingerprint density at radius 2 is 2.15 bits per heavy atom. The molecular formula is C21H21FN11O6S2+. The molecular weight excluding hydrogens is 585 g/mol. The molecule has 0 aromatic carbocycles. The molecule has 3 amide bonds. The molecule has 3 aromatic heterocycles. The number of oxime groups is 1. The highest BCUT2D eigenvalue weighted by Crippen LogP contribution is 2.40. The Bertz CT molecular complexity index is 1620. The predicted molar refractivity (Wildman–Crippen MR) is 141 cm³/mol. The molecule has 17 nitrogen and oxygen atoms in total. The van der Waals surface area contributed by atoms with Crippen LogP contribution in [0.2, 0.25) is 0 Å². The number of nitrogens with one attached hydrogen (secondary N) is 2. The van der Waals surface area contributed by atoms with Crippen LogP contribution in [0.1, 0.15) is 5.82 Å². The highest BCUT2D eigenvalue weighted by molar-refractivity contribution is 8.00. The van der Waals surface area contributed by atoms with Crippen molar-refractivity contribution in [3.05, 3.63) is 41.6 Å². The lowest BCUT2D eigenvalue weighted by Gasteiger charge is -2.49. The number of aliphatic carboxylic acids is 1. The molecule has 20 heteroatoms. The number of nitrogen functional groups attached to an aromatic ring is 1. The molecule has 1 fully saturated rings. The maximum atomic E-state index is 13.1. The molecule has 0 bridgehead atoms. The van der Waals surface area contributed by atoms with Gasteiger partial charge in [-0.2, -0.15) is 9.36 Å². The first-order valence-electron chi connectivity index (χ1n) is 11.7. The molecule has 3 aromatic rings. The number of anilines is 2. The van der Waals surface area contributed by atoms with E-state index in [1.807, 2.05) is 0 Å². The number of β-lactam (4-membered cyclic amide) rings is 1. The summed E-state index contributed by atoms with van der Waals surface area (Å²) < 4.78 is 19.6. The van der Waals surface area contributed by atoms with Gasteiger partial charge in [0.15, 0.2) is 17.1 Å². The number of hydrogen-bond acceptors (Lipinski definition) is 13. The van der Waals surface area contributed by atoms with Crippen LogP contribution in [0.5, 0.6) is 0 Å². The Hall–Kier alpha value is -4.69. The summed E-state index contributed by atoms with van der Waals surface area (Å²) in [6.07, 6.45) is 3.31. The summed E-state index contributed by atoms with van der Waals surface area (Å²) in [7, 11) is 0. The van der Waals surface area contributed by atoms with E-state index < -0.39 is 47.7 Å². The third kappa shape index (κ3) is 5.38. The average molecular weight is 607 g/mol. The summed E-state index contributed by atoms with van der Waals surface area (Å²) >= 11 is 2.04. The molecule has 0 radical (unpaired) electrons. The number of nitrogens with two attached hydrogens (primary N) is 2. The first kappa shape index (κ1) is 27.9. The number of carbonyl (C=O) groups excluding carboxylic acids is 3. The second kappa shape index (κ2) is 11.4. The molecule has 2 atom stereocenters. The number of carbonyl (C=O) groups is 4. The van der Waals surface area contributed by atoms with E-state index in [9.17, 15) is 28.7 Å². The molecule has 5 rings (SSSR count). The van der Waals surface area contributed by atoms with Crippen LogP contribution in [0, 0.1) is 0 Å². The van der Waals surface area contributed by atoms with Gasteiger partial charge in [0.25, 0.3) is 18.7 Å². The highest BCUT2D eigenvalue weighted by Gasteiger charge is 2.54. The van der Waals surface area contributed by atoms with Crippen molar-refractivity contribution in [2.45, 2.75) is 18.0 Å². The van der Waals surface area contributed by atoms with E-state index in [-0.39, 0.29) is 41.3 Å². The predicted octanol–water partition coefficient (Wildman–Crippen LogP) is -1.96. The van der Waals surface area contributed by atoms with E-state index in [0.29, 0.717) is 11.2 Å². The van der Waals surface area contributed by atoms with E-state index in [4.69, 9.17) is 11.5 Å². The quantitative estimate of drug-likeness (QED) is 0.0732.